The van der Waals surface area contributed by atoms with E-state index in [1.54, 1.807) is 6.92 Å². The fourth-order valence-corrected chi connectivity index (χ4v) is 5.05. The number of carboxylic acids is 1. The van der Waals surface area contributed by atoms with Gasteiger partial charge in [0.2, 0.25) is 5.43 Å². The van der Waals surface area contributed by atoms with E-state index in [9.17, 15) is 37.8 Å². The standard InChI is InChI=1S/C26H25F3N6O5S/c1-4-30-25(40)34-21-6-13(23-33-20(11-41-23)26(27,28)29)15(7-32-21)17-5-14-18(8-31-17)35(19(10-36)12(2)3)9-16(22(14)37)24(38)39/h5-9,11-12,19,36H,4,10H2,1-3H3,(H,38,39)(H2,30,32,34,40)/t19-/m1/s1. The number of aromatic carboxylic acids is 1. The Bertz CT molecular complexity index is 1680. The zero-order chi connectivity index (χ0) is 30.1. The Morgan fingerprint density at radius 1 is 1.15 bits per heavy atom. The molecule has 0 saturated heterocycles. The molecule has 0 aliphatic heterocycles. The molecular formula is C26H25F3N6O5S. The van der Waals surface area contributed by atoms with Crippen LogP contribution < -0.4 is 16.1 Å². The highest BCUT2D eigenvalue weighted by Crippen LogP contribution is 2.38. The van der Waals surface area contributed by atoms with Crippen LogP contribution >= 0.6 is 11.3 Å². The van der Waals surface area contributed by atoms with Crippen LogP contribution in [-0.2, 0) is 6.18 Å². The smallest absolute Gasteiger partial charge is 0.434 e. The molecule has 0 aliphatic rings. The van der Waals surface area contributed by atoms with Gasteiger partial charge in [0.15, 0.2) is 5.69 Å². The van der Waals surface area contributed by atoms with Crippen molar-refractivity contribution in [3.8, 4) is 21.8 Å². The van der Waals surface area contributed by atoms with Gasteiger partial charge < -0.3 is 20.1 Å². The van der Waals surface area contributed by atoms with E-state index in [4.69, 9.17) is 0 Å². The Balaban J connectivity index is 1.96. The molecule has 2 amide bonds. The number of carbonyl (C=O) groups excluding carboxylic acids is 1. The first kappa shape index (κ1) is 29.6. The molecule has 0 bridgehead atoms. The van der Waals surface area contributed by atoms with Gasteiger partial charge in [0.1, 0.15) is 16.4 Å². The van der Waals surface area contributed by atoms with Crippen molar-refractivity contribution in [3.63, 3.8) is 0 Å². The molecule has 0 aliphatic carbocycles. The summed E-state index contributed by atoms with van der Waals surface area (Å²) in [6, 6.07) is 1.51. The van der Waals surface area contributed by atoms with Crippen LogP contribution in [0.2, 0.25) is 0 Å². The van der Waals surface area contributed by atoms with Crippen molar-refractivity contribution in [2.75, 3.05) is 18.5 Å². The number of amides is 2. The highest BCUT2D eigenvalue weighted by Gasteiger charge is 2.34. The predicted octanol–water partition coefficient (Wildman–Crippen LogP) is 4.63. The molecule has 4 aromatic heterocycles. The summed E-state index contributed by atoms with van der Waals surface area (Å²) in [4.78, 5) is 49.5. The number of alkyl halides is 3. The molecule has 0 saturated carbocycles. The molecule has 0 unspecified atom stereocenters. The van der Waals surface area contributed by atoms with Crippen LogP contribution in [0.4, 0.5) is 23.8 Å². The number of hydrogen-bond acceptors (Lipinski definition) is 8. The van der Waals surface area contributed by atoms with E-state index >= 15 is 0 Å². The summed E-state index contributed by atoms with van der Waals surface area (Å²) in [6.07, 6.45) is -0.929. The van der Waals surface area contributed by atoms with Crippen molar-refractivity contribution >= 4 is 40.1 Å². The summed E-state index contributed by atoms with van der Waals surface area (Å²) >= 11 is 0.716. The molecule has 0 radical (unpaired) electrons. The molecule has 1 atom stereocenters. The third kappa shape index (κ3) is 6.05. The van der Waals surface area contributed by atoms with Crippen LogP contribution in [0.15, 0.2) is 40.9 Å². The van der Waals surface area contributed by atoms with Crippen molar-refractivity contribution in [2.24, 2.45) is 5.92 Å². The average molecular weight is 591 g/mol. The molecule has 41 heavy (non-hydrogen) atoms. The van der Waals surface area contributed by atoms with Crippen molar-refractivity contribution in [1.82, 2.24) is 24.8 Å². The van der Waals surface area contributed by atoms with Crippen molar-refractivity contribution in [2.45, 2.75) is 33.0 Å². The second-order valence-corrected chi connectivity index (χ2v) is 10.2. The lowest BCUT2D eigenvalue weighted by molar-refractivity contribution is -0.140. The first-order chi connectivity index (χ1) is 19.3. The van der Waals surface area contributed by atoms with E-state index < -0.39 is 40.9 Å². The lowest BCUT2D eigenvalue weighted by atomic mass is 10.0. The van der Waals surface area contributed by atoms with Crippen LogP contribution in [-0.4, -0.2) is 54.9 Å². The highest BCUT2D eigenvalue weighted by atomic mass is 32.1. The number of nitrogens with one attached hydrogen (secondary N) is 2. The molecule has 0 fully saturated rings. The normalized spacial score (nSPS) is 12.5. The van der Waals surface area contributed by atoms with Crippen LogP contribution in [0, 0.1) is 5.92 Å². The number of halogens is 3. The van der Waals surface area contributed by atoms with Gasteiger partial charge in [-0.3, -0.25) is 15.1 Å². The van der Waals surface area contributed by atoms with Crippen molar-refractivity contribution in [3.05, 3.63) is 57.6 Å². The zero-order valence-electron chi connectivity index (χ0n) is 22.0. The first-order valence-electron chi connectivity index (χ1n) is 12.3. The minimum atomic E-state index is -4.69. The van der Waals surface area contributed by atoms with E-state index in [1.807, 2.05) is 13.8 Å². The lowest BCUT2D eigenvalue weighted by Gasteiger charge is -2.24. The summed E-state index contributed by atoms with van der Waals surface area (Å²) in [6.45, 7) is 5.34. The Hall–Kier alpha value is -4.37. The number of hydrogen-bond donors (Lipinski definition) is 4. The van der Waals surface area contributed by atoms with E-state index in [1.165, 1.54) is 29.1 Å². The largest absolute Gasteiger partial charge is 0.477 e. The Morgan fingerprint density at radius 2 is 1.88 bits per heavy atom. The van der Waals surface area contributed by atoms with E-state index in [0.717, 1.165) is 11.6 Å². The van der Waals surface area contributed by atoms with Gasteiger partial charge in [0, 0.05) is 35.4 Å². The number of fused-ring (bicyclic) bond motifs is 1. The second-order valence-electron chi connectivity index (χ2n) is 9.30. The number of pyridine rings is 3. The molecule has 0 aromatic carbocycles. The molecule has 11 nitrogen and oxygen atoms in total. The molecule has 4 rings (SSSR count). The van der Waals surface area contributed by atoms with Gasteiger partial charge in [0.05, 0.1) is 35.4 Å². The summed E-state index contributed by atoms with van der Waals surface area (Å²) in [5, 5.41) is 25.5. The third-order valence-corrected chi connectivity index (χ3v) is 7.12. The quantitative estimate of drug-likeness (QED) is 0.231. The maximum absolute atomic E-state index is 13.3. The van der Waals surface area contributed by atoms with E-state index in [-0.39, 0.29) is 51.1 Å². The fraction of sp³-hybridized carbons (Fsp3) is 0.308. The number of aliphatic hydroxyl groups is 1. The number of carbonyl (C=O) groups is 2. The SMILES string of the molecule is CCNC(=O)Nc1cc(-c2nc(C(F)(F)F)cs2)c(-c2cc3c(=O)c(C(=O)O)cn([C@H](CO)C(C)C)c3cn2)cn1. The summed E-state index contributed by atoms with van der Waals surface area (Å²) in [5.41, 5.74) is -1.75. The van der Waals surface area contributed by atoms with Gasteiger partial charge in [-0.2, -0.15) is 13.2 Å². The Kier molecular flexibility index (Phi) is 8.39. The third-order valence-electron chi connectivity index (χ3n) is 6.25. The van der Waals surface area contributed by atoms with Crippen molar-refractivity contribution < 1.29 is 33.0 Å². The number of aliphatic hydroxyl groups excluding tert-OH is 1. The maximum Gasteiger partial charge on any atom is 0.434 e. The molecule has 4 N–H and O–H groups in total. The topological polar surface area (TPSA) is 159 Å². The number of aromatic nitrogens is 4. The predicted molar refractivity (Wildman–Crippen MR) is 146 cm³/mol. The number of urea groups is 1. The summed E-state index contributed by atoms with van der Waals surface area (Å²) < 4.78 is 41.5. The van der Waals surface area contributed by atoms with Crippen LogP contribution in [0.5, 0.6) is 0 Å². The molecule has 15 heteroatoms. The van der Waals surface area contributed by atoms with Gasteiger partial charge in [-0.05, 0) is 25.0 Å². The minimum absolute atomic E-state index is 0.0255. The minimum Gasteiger partial charge on any atom is -0.477 e. The maximum atomic E-state index is 13.3. The van der Waals surface area contributed by atoms with Crippen molar-refractivity contribution in [1.29, 1.82) is 0 Å². The number of thiazole rings is 1. The molecule has 4 aromatic rings. The number of anilines is 1. The number of carboxylic acid groups (broad SMARTS) is 1. The zero-order valence-corrected chi connectivity index (χ0v) is 22.8. The molecular weight excluding hydrogens is 565 g/mol. The van der Waals surface area contributed by atoms with Gasteiger partial charge in [0.25, 0.3) is 0 Å². The van der Waals surface area contributed by atoms with Gasteiger partial charge in [-0.1, -0.05) is 13.8 Å². The molecule has 4 heterocycles. The van der Waals surface area contributed by atoms with E-state index in [2.05, 4.69) is 25.6 Å². The summed E-state index contributed by atoms with van der Waals surface area (Å²) in [5.74, 6) is -1.58. The fourth-order valence-electron chi connectivity index (χ4n) is 4.20. The average Bonchev–Trinajstić information content (AvgIpc) is 3.41. The van der Waals surface area contributed by atoms with Crippen LogP contribution in [0.25, 0.3) is 32.7 Å². The first-order valence-corrected chi connectivity index (χ1v) is 13.2. The Labute approximate surface area is 234 Å². The second kappa shape index (κ2) is 11.6. The van der Waals surface area contributed by atoms with Gasteiger partial charge in [-0.15, -0.1) is 11.3 Å². The summed E-state index contributed by atoms with van der Waals surface area (Å²) in [7, 11) is 0. The van der Waals surface area contributed by atoms with Crippen LogP contribution in [0.1, 0.15) is 42.9 Å². The van der Waals surface area contributed by atoms with Crippen LogP contribution in [0.3, 0.4) is 0 Å². The van der Waals surface area contributed by atoms with Gasteiger partial charge in [-0.25, -0.2) is 19.6 Å². The lowest BCUT2D eigenvalue weighted by Crippen LogP contribution is -2.28. The van der Waals surface area contributed by atoms with E-state index in [0.29, 0.717) is 17.9 Å². The highest BCUT2D eigenvalue weighted by molar-refractivity contribution is 7.13. The monoisotopic (exact) mass is 590 g/mol. The molecule has 0 spiro atoms. The molecule has 216 valence electrons. The Morgan fingerprint density at radius 3 is 2.46 bits per heavy atom. The van der Waals surface area contributed by atoms with Gasteiger partial charge >= 0.3 is 18.2 Å². The number of nitrogens with zero attached hydrogens (tertiary/aromatic N) is 4. The number of rotatable bonds is 8.